The lowest BCUT2D eigenvalue weighted by Gasteiger charge is -2.08. The predicted molar refractivity (Wildman–Crippen MR) is 165 cm³/mol. The number of benzene rings is 4. The van der Waals surface area contributed by atoms with E-state index >= 15 is 0 Å². The minimum Gasteiger partial charge on any atom is -0.452 e. The molecule has 10 heteroatoms. The third-order valence-electron chi connectivity index (χ3n) is 9.34. The summed E-state index contributed by atoms with van der Waals surface area (Å²) in [5.41, 5.74) is 10.2. The summed E-state index contributed by atoms with van der Waals surface area (Å²) in [4.78, 5) is 9.58. The van der Waals surface area contributed by atoms with Crippen LogP contribution in [0.4, 0.5) is 0 Å². The molecule has 0 atom stereocenters. The second kappa shape index (κ2) is 6.96. The maximum atomic E-state index is 6.61. The van der Waals surface area contributed by atoms with Crippen molar-refractivity contribution in [3.8, 4) is 11.1 Å². The predicted octanol–water partition coefficient (Wildman–Crippen LogP) is 6.33. The zero-order valence-corrected chi connectivity index (χ0v) is 22.7. The molecule has 0 amide bonds. The molecule has 0 bridgehead atoms. The quantitative estimate of drug-likeness (QED) is 0.178. The summed E-state index contributed by atoms with van der Waals surface area (Å²) >= 11 is 0. The Morgan fingerprint density at radius 2 is 1.55 bits per heavy atom. The number of imidazole rings is 2. The topological polar surface area (TPSA) is 101 Å². The van der Waals surface area contributed by atoms with Crippen molar-refractivity contribution in [2.45, 2.75) is 0 Å². The summed E-state index contributed by atoms with van der Waals surface area (Å²) in [5.74, 6) is 0. The Morgan fingerprint density at radius 1 is 0.659 bits per heavy atom. The van der Waals surface area contributed by atoms with Gasteiger partial charge in [0.1, 0.15) is 35.3 Å². The van der Waals surface area contributed by atoms with Crippen LogP contribution in [0.3, 0.4) is 0 Å². The van der Waals surface area contributed by atoms with Gasteiger partial charge >= 0.3 is 0 Å². The lowest BCUT2D eigenvalue weighted by molar-refractivity contribution is -0.586. The number of hydrogen-bond donors (Lipinski definition) is 2. The van der Waals surface area contributed by atoms with E-state index in [9.17, 15) is 0 Å². The van der Waals surface area contributed by atoms with Gasteiger partial charge in [0, 0.05) is 16.3 Å². The second-order valence-corrected chi connectivity index (χ2v) is 11.5. The van der Waals surface area contributed by atoms with Crippen molar-refractivity contribution in [2.24, 2.45) is 0 Å². The van der Waals surface area contributed by atoms with Gasteiger partial charge in [-0.2, -0.15) is 0 Å². The zero-order valence-electron chi connectivity index (χ0n) is 22.7. The molecule has 12 rings (SSSR count). The molecule has 0 unspecified atom stereocenters. The number of hydrogen-bond acceptors (Lipinski definition) is 4. The highest BCUT2D eigenvalue weighted by molar-refractivity contribution is 6.33. The van der Waals surface area contributed by atoms with E-state index in [4.69, 9.17) is 13.8 Å². The van der Waals surface area contributed by atoms with E-state index in [1.54, 1.807) is 6.20 Å². The molecule has 4 aromatic carbocycles. The highest BCUT2D eigenvalue weighted by Gasteiger charge is 2.27. The van der Waals surface area contributed by atoms with Crippen LogP contribution in [-0.2, 0) is 0 Å². The standard InChI is InChI=1S/C34H18N8O2/c1-3-21-26-23(4-1)44-33-18(10-13-40(32(26)33)37-41-14-11-35-34(21)41)17-6-7-19-20-8-9-24-28-27(20)31-29(22(19)15-17)36-16-42(31)38-39-12-2-5-25(43-24)30(28)39/h1-16,37-38H/q+2. The van der Waals surface area contributed by atoms with Crippen molar-refractivity contribution in [2.75, 3.05) is 0 Å². The van der Waals surface area contributed by atoms with Gasteiger partial charge in [0.2, 0.25) is 17.4 Å². The van der Waals surface area contributed by atoms with Crippen LogP contribution in [-0.4, -0.2) is 29.4 Å². The molecular formula is C34H18N8O2+2. The van der Waals surface area contributed by atoms with Gasteiger partial charge in [-0.3, -0.25) is 0 Å². The maximum Gasteiger partial charge on any atom is 0.253 e. The Hall–Kier alpha value is -6.42. The van der Waals surface area contributed by atoms with Crippen LogP contribution < -0.4 is 9.03 Å². The zero-order chi connectivity index (χ0) is 28.3. The van der Waals surface area contributed by atoms with Gasteiger partial charge in [0.25, 0.3) is 5.65 Å². The summed E-state index contributed by atoms with van der Waals surface area (Å²) < 4.78 is 20.9. The van der Waals surface area contributed by atoms with Gasteiger partial charge in [0.15, 0.2) is 16.7 Å². The van der Waals surface area contributed by atoms with Crippen molar-refractivity contribution in [1.82, 2.24) is 29.4 Å². The summed E-state index contributed by atoms with van der Waals surface area (Å²) in [6.45, 7) is 0. The molecule has 0 saturated heterocycles. The molecule has 0 fully saturated rings. The molecule has 0 radical (unpaired) electrons. The highest BCUT2D eigenvalue weighted by atomic mass is 16.3. The number of nitrogens with zero attached hydrogens (tertiary/aromatic N) is 6. The number of aromatic nitrogens is 8. The summed E-state index contributed by atoms with van der Waals surface area (Å²) in [6, 6.07) is 23.1. The monoisotopic (exact) mass is 570 g/mol. The molecular weight excluding hydrogens is 552 g/mol. The Morgan fingerprint density at radius 3 is 2.55 bits per heavy atom. The van der Waals surface area contributed by atoms with E-state index in [1.807, 2.05) is 61.0 Å². The lowest BCUT2D eigenvalue weighted by atomic mass is 9.94. The number of rotatable bonds is 1. The largest absolute Gasteiger partial charge is 0.452 e. The van der Waals surface area contributed by atoms with Crippen molar-refractivity contribution in [3.63, 3.8) is 0 Å². The number of fused-ring (bicyclic) bond motifs is 5. The molecule has 8 aromatic heterocycles. The first kappa shape index (κ1) is 21.3. The van der Waals surface area contributed by atoms with E-state index < -0.39 is 0 Å². The first-order valence-electron chi connectivity index (χ1n) is 14.4. The minimum atomic E-state index is 0.809. The molecule has 10 nitrogen and oxygen atoms in total. The van der Waals surface area contributed by atoms with Gasteiger partial charge in [0.05, 0.1) is 22.4 Å². The second-order valence-electron chi connectivity index (χ2n) is 11.5. The van der Waals surface area contributed by atoms with E-state index in [-0.39, 0.29) is 0 Å². The number of aromatic amines is 2. The Balaban J connectivity index is 1.23. The van der Waals surface area contributed by atoms with Crippen molar-refractivity contribution in [1.29, 1.82) is 0 Å². The van der Waals surface area contributed by atoms with Crippen LogP contribution in [0.1, 0.15) is 0 Å². The smallest absolute Gasteiger partial charge is 0.253 e. The van der Waals surface area contributed by atoms with Crippen LogP contribution in [0.25, 0.3) is 98.9 Å². The molecule has 0 aliphatic heterocycles. The average Bonchev–Trinajstić information content (AvgIpc) is 3.82. The van der Waals surface area contributed by atoms with Gasteiger partial charge in [-0.25, -0.2) is 9.97 Å². The van der Waals surface area contributed by atoms with Gasteiger partial charge < -0.3 is 8.83 Å². The summed E-state index contributed by atoms with van der Waals surface area (Å²) in [7, 11) is 0. The van der Waals surface area contributed by atoms with E-state index in [2.05, 4.69) is 64.1 Å². The molecule has 44 heavy (non-hydrogen) atoms. The van der Waals surface area contributed by atoms with Crippen molar-refractivity contribution >= 4 is 87.7 Å². The molecule has 0 spiro atoms. The van der Waals surface area contributed by atoms with Crippen molar-refractivity contribution < 1.29 is 17.9 Å². The first-order chi connectivity index (χ1) is 21.8. The molecule has 8 heterocycles. The Kier molecular flexibility index (Phi) is 3.37. The molecule has 0 aliphatic carbocycles. The van der Waals surface area contributed by atoms with E-state index in [1.165, 1.54) is 0 Å². The SMILES string of the molecule is c1cc2oc3c(-c4ccc5c(c4)c4ncn6[nH][n+]7cccc8oc9ccc5c(c9c87)c46)cc[n+]4[nH]n5ccnc5c(c1)c2c34. The van der Waals surface area contributed by atoms with E-state index in [0.717, 1.165) is 98.9 Å². The van der Waals surface area contributed by atoms with Crippen LogP contribution in [0, 0.1) is 0 Å². The highest BCUT2D eigenvalue weighted by Crippen LogP contribution is 2.43. The van der Waals surface area contributed by atoms with Gasteiger partial charge in [-0.05, 0) is 64.9 Å². The fraction of sp³-hybridized carbons (Fsp3) is 0. The number of furan rings is 2. The fourth-order valence-electron chi connectivity index (χ4n) is 7.55. The number of H-pyrrole nitrogens is 2. The fourth-order valence-corrected chi connectivity index (χ4v) is 7.55. The van der Waals surface area contributed by atoms with Crippen LogP contribution in [0.5, 0.6) is 0 Å². The first-order valence-corrected chi connectivity index (χ1v) is 14.4. The molecule has 12 aromatic rings. The van der Waals surface area contributed by atoms with E-state index in [0.29, 0.717) is 0 Å². The molecule has 0 aliphatic rings. The lowest BCUT2D eigenvalue weighted by Crippen LogP contribution is -2.26. The van der Waals surface area contributed by atoms with Gasteiger partial charge in [-0.15, -0.1) is 18.1 Å². The van der Waals surface area contributed by atoms with Gasteiger partial charge in [-0.1, -0.05) is 28.6 Å². The molecule has 2 N–H and O–H groups in total. The maximum absolute atomic E-state index is 6.61. The Bertz CT molecular complexity index is 3180. The molecule has 204 valence electrons. The number of nitrogens with one attached hydrogen (secondary N) is 2. The normalized spacial score (nSPS) is 13.0. The van der Waals surface area contributed by atoms with Crippen molar-refractivity contribution in [3.05, 3.63) is 97.8 Å². The third-order valence-corrected chi connectivity index (χ3v) is 9.34. The summed E-state index contributed by atoms with van der Waals surface area (Å²) in [6.07, 6.45) is 9.64. The average molecular weight is 571 g/mol. The van der Waals surface area contributed by atoms with Crippen LogP contribution in [0.2, 0.25) is 0 Å². The minimum absolute atomic E-state index is 0.809. The van der Waals surface area contributed by atoms with Crippen LogP contribution >= 0.6 is 0 Å². The van der Waals surface area contributed by atoms with Crippen LogP contribution in [0.15, 0.2) is 107 Å². The third kappa shape index (κ3) is 2.31. The number of pyridine rings is 2. The Labute approximate surface area is 243 Å². The summed E-state index contributed by atoms with van der Waals surface area (Å²) in [5, 5.41) is 14.6. The molecule has 0 saturated carbocycles.